The topological polar surface area (TPSA) is 52.7 Å². The van der Waals surface area contributed by atoms with E-state index in [4.69, 9.17) is 0 Å². The summed E-state index contributed by atoms with van der Waals surface area (Å²) >= 11 is 0. The first kappa shape index (κ1) is 13.9. The van der Waals surface area contributed by atoms with E-state index in [1.165, 1.54) is 6.42 Å². The fourth-order valence-electron chi connectivity index (χ4n) is 4.10. The van der Waals surface area contributed by atoms with E-state index in [0.29, 0.717) is 6.04 Å². The van der Waals surface area contributed by atoms with Crippen molar-refractivity contribution in [3.05, 3.63) is 0 Å². The lowest BCUT2D eigenvalue weighted by Gasteiger charge is -2.43. The zero-order valence-electron chi connectivity index (χ0n) is 12.6. The van der Waals surface area contributed by atoms with Gasteiger partial charge in [0.2, 0.25) is 11.8 Å². The van der Waals surface area contributed by atoms with Crippen molar-refractivity contribution >= 4 is 11.8 Å². The molecule has 112 valence electrons. The lowest BCUT2D eigenvalue weighted by Crippen LogP contribution is -2.67. The van der Waals surface area contributed by atoms with Crippen molar-refractivity contribution in [2.45, 2.75) is 64.2 Å². The Morgan fingerprint density at radius 1 is 1.15 bits per heavy atom. The molecule has 20 heavy (non-hydrogen) atoms. The summed E-state index contributed by atoms with van der Waals surface area (Å²) in [6, 6.07) is 0.0182. The molecule has 3 rings (SSSR count). The highest BCUT2D eigenvalue weighted by Gasteiger charge is 2.48. The molecule has 0 aromatic rings. The van der Waals surface area contributed by atoms with Gasteiger partial charge < -0.3 is 10.2 Å². The third-order valence-corrected chi connectivity index (χ3v) is 5.21. The van der Waals surface area contributed by atoms with Crippen LogP contribution in [0.25, 0.3) is 0 Å². The van der Waals surface area contributed by atoms with Gasteiger partial charge in [-0.3, -0.25) is 14.5 Å². The van der Waals surface area contributed by atoms with Crippen molar-refractivity contribution < 1.29 is 9.59 Å². The fraction of sp³-hybridized carbons (Fsp3) is 0.867. The van der Waals surface area contributed by atoms with Crippen LogP contribution in [-0.4, -0.2) is 58.9 Å². The van der Waals surface area contributed by atoms with Crippen LogP contribution in [0.3, 0.4) is 0 Å². The van der Waals surface area contributed by atoms with Crippen LogP contribution >= 0.6 is 0 Å². The number of nitrogens with zero attached hydrogens (tertiary/aromatic N) is 2. The highest BCUT2D eigenvalue weighted by Crippen LogP contribution is 2.33. The van der Waals surface area contributed by atoms with Gasteiger partial charge in [0.1, 0.15) is 12.1 Å². The lowest BCUT2D eigenvalue weighted by atomic mass is 9.94. The zero-order chi connectivity index (χ0) is 14.4. The summed E-state index contributed by atoms with van der Waals surface area (Å²) in [6.07, 6.45) is 3.39. The van der Waals surface area contributed by atoms with Crippen LogP contribution in [-0.2, 0) is 9.59 Å². The van der Waals surface area contributed by atoms with Crippen LogP contribution in [0.2, 0.25) is 0 Å². The summed E-state index contributed by atoms with van der Waals surface area (Å²) in [6.45, 7) is 8.07. The van der Waals surface area contributed by atoms with E-state index >= 15 is 0 Å². The Labute approximate surface area is 120 Å². The molecule has 0 aromatic carbocycles. The van der Waals surface area contributed by atoms with Crippen LogP contribution in [0.1, 0.15) is 40.0 Å². The number of carbonyl (C=O) groups is 2. The number of hydrogen-bond acceptors (Lipinski definition) is 3. The SMILES string of the molecule is CC(C)C1NC(=O)C(C)N(C2CCN3CCCC23)C1=O. The van der Waals surface area contributed by atoms with Gasteiger partial charge in [-0.2, -0.15) is 0 Å². The number of nitrogens with one attached hydrogen (secondary N) is 1. The van der Waals surface area contributed by atoms with E-state index in [1.54, 1.807) is 0 Å². The number of amides is 2. The van der Waals surface area contributed by atoms with E-state index in [2.05, 4.69) is 10.2 Å². The van der Waals surface area contributed by atoms with Crippen molar-refractivity contribution in [3.8, 4) is 0 Å². The molecule has 3 aliphatic heterocycles. The molecule has 3 heterocycles. The van der Waals surface area contributed by atoms with Gasteiger partial charge in [-0.1, -0.05) is 13.8 Å². The molecule has 4 atom stereocenters. The first-order chi connectivity index (χ1) is 9.50. The molecule has 0 aromatic heterocycles. The normalized spacial score (nSPS) is 38.5. The number of fused-ring (bicyclic) bond motifs is 1. The van der Waals surface area contributed by atoms with Gasteiger partial charge >= 0.3 is 0 Å². The molecule has 3 saturated heterocycles. The second-order valence-electron chi connectivity index (χ2n) is 6.75. The molecule has 1 N–H and O–H groups in total. The van der Waals surface area contributed by atoms with Gasteiger partial charge in [-0.15, -0.1) is 0 Å². The van der Waals surface area contributed by atoms with Crippen molar-refractivity contribution in [2.24, 2.45) is 5.92 Å². The fourth-order valence-corrected chi connectivity index (χ4v) is 4.10. The highest BCUT2D eigenvalue weighted by molar-refractivity contribution is 5.97. The summed E-state index contributed by atoms with van der Waals surface area (Å²) in [5, 5.41) is 2.88. The van der Waals surface area contributed by atoms with E-state index in [0.717, 1.165) is 25.9 Å². The molecule has 0 radical (unpaired) electrons. The predicted octanol–water partition coefficient (Wildman–Crippen LogP) is 0.595. The van der Waals surface area contributed by atoms with E-state index < -0.39 is 0 Å². The van der Waals surface area contributed by atoms with Crippen LogP contribution in [0.4, 0.5) is 0 Å². The molecular formula is C15H25N3O2. The molecule has 2 amide bonds. The Balaban J connectivity index is 1.85. The Hall–Kier alpha value is -1.10. The zero-order valence-corrected chi connectivity index (χ0v) is 12.6. The molecule has 3 aliphatic rings. The van der Waals surface area contributed by atoms with Crippen LogP contribution < -0.4 is 5.32 Å². The van der Waals surface area contributed by atoms with Crippen LogP contribution in [0.15, 0.2) is 0 Å². The molecule has 0 bridgehead atoms. The minimum atomic E-state index is -0.353. The highest BCUT2D eigenvalue weighted by atomic mass is 16.2. The summed E-state index contributed by atoms with van der Waals surface area (Å²) in [5.41, 5.74) is 0. The maximum Gasteiger partial charge on any atom is 0.246 e. The molecule has 4 unspecified atom stereocenters. The molecule has 0 spiro atoms. The predicted molar refractivity (Wildman–Crippen MR) is 76.1 cm³/mol. The van der Waals surface area contributed by atoms with E-state index in [1.807, 2.05) is 25.7 Å². The van der Waals surface area contributed by atoms with Crippen molar-refractivity contribution in [3.63, 3.8) is 0 Å². The number of carbonyl (C=O) groups excluding carboxylic acids is 2. The largest absolute Gasteiger partial charge is 0.342 e. The van der Waals surface area contributed by atoms with Gasteiger partial charge in [-0.25, -0.2) is 0 Å². The van der Waals surface area contributed by atoms with E-state index in [9.17, 15) is 9.59 Å². The second-order valence-corrected chi connectivity index (χ2v) is 6.75. The Bertz CT molecular complexity index is 423. The third kappa shape index (κ3) is 2.03. The molecule has 0 saturated carbocycles. The van der Waals surface area contributed by atoms with Crippen LogP contribution in [0, 0.1) is 5.92 Å². The van der Waals surface area contributed by atoms with Crippen molar-refractivity contribution in [2.75, 3.05) is 13.1 Å². The molecule has 5 heteroatoms. The van der Waals surface area contributed by atoms with Gasteiger partial charge in [0.15, 0.2) is 0 Å². The van der Waals surface area contributed by atoms with Gasteiger partial charge in [-0.05, 0) is 38.6 Å². The van der Waals surface area contributed by atoms with Gasteiger partial charge in [0.25, 0.3) is 0 Å². The third-order valence-electron chi connectivity index (χ3n) is 5.21. The number of piperazine rings is 1. The number of rotatable bonds is 2. The summed E-state index contributed by atoms with van der Waals surface area (Å²) in [4.78, 5) is 29.4. The minimum Gasteiger partial charge on any atom is -0.342 e. The second kappa shape index (κ2) is 5.02. The summed E-state index contributed by atoms with van der Waals surface area (Å²) in [7, 11) is 0. The first-order valence-corrected chi connectivity index (χ1v) is 7.87. The van der Waals surface area contributed by atoms with E-state index in [-0.39, 0.29) is 35.9 Å². The quantitative estimate of drug-likeness (QED) is 0.805. The smallest absolute Gasteiger partial charge is 0.246 e. The molecular weight excluding hydrogens is 254 g/mol. The molecule has 0 aliphatic carbocycles. The average molecular weight is 279 g/mol. The standard InChI is InChI=1S/C15H25N3O2/c1-9(2)13-15(20)18(10(3)14(19)16-13)12-6-8-17-7-4-5-11(12)17/h9-13H,4-8H2,1-3H3,(H,16,19). The Kier molecular flexibility index (Phi) is 3.48. The van der Waals surface area contributed by atoms with Gasteiger partial charge in [0, 0.05) is 18.6 Å². The van der Waals surface area contributed by atoms with Crippen molar-refractivity contribution in [1.29, 1.82) is 0 Å². The molecule has 5 nitrogen and oxygen atoms in total. The Morgan fingerprint density at radius 3 is 2.60 bits per heavy atom. The number of hydrogen-bond donors (Lipinski definition) is 1. The molecule has 3 fully saturated rings. The maximum absolute atomic E-state index is 12.8. The summed E-state index contributed by atoms with van der Waals surface area (Å²) < 4.78 is 0. The maximum atomic E-state index is 12.8. The van der Waals surface area contributed by atoms with Gasteiger partial charge in [0.05, 0.1) is 0 Å². The summed E-state index contributed by atoms with van der Waals surface area (Å²) in [5.74, 6) is 0.258. The van der Waals surface area contributed by atoms with Crippen molar-refractivity contribution in [1.82, 2.24) is 15.1 Å². The monoisotopic (exact) mass is 279 g/mol. The average Bonchev–Trinajstić information content (AvgIpc) is 2.98. The Morgan fingerprint density at radius 2 is 1.90 bits per heavy atom. The van der Waals surface area contributed by atoms with Crippen LogP contribution in [0.5, 0.6) is 0 Å². The minimum absolute atomic E-state index is 0.000234. The first-order valence-electron chi connectivity index (χ1n) is 7.87. The lowest BCUT2D eigenvalue weighted by molar-refractivity contribution is -0.153.